The van der Waals surface area contributed by atoms with Crippen molar-refractivity contribution < 1.29 is 24.1 Å². The van der Waals surface area contributed by atoms with E-state index in [-0.39, 0.29) is 12.2 Å². The lowest BCUT2D eigenvalue weighted by Gasteiger charge is -2.08. The first-order chi connectivity index (χ1) is 13.5. The van der Waals surface area contributed by atoms with Crippen molar-refractivity contribution in [3.63, 3.8) is 0 Å². The Balaban J connectivity index is 1.56. The fourth-order valence-corrected chi connectivity index (χ4v) is 2.44. The molecule has 10 nitrogen and oxygen atoms in total. The number of anilines is 1. The summed E-state index contributed by atoms with van der Waals surface area (Å²) in [5, 5.41) is 20.2. The predicted octanol–water partition coefficient (Wildman–Crippen LogP) is 2.51. The predicted molar refractivity (Wildman–Crippen MR) is 98.7 cm³/mol. The van der Waals surface area contributed by atoms with Gasteiger partial charge in [-0.25, -0.2) is 0 Å². The van der Waals surface area contributed by atoms with Crippen LogP contribution in [0.1, 0.15) is 16.1 Å². The molecule has 0 saturated heterocycles. The number of hydrazine groups is 1. The van der Waals surface area contributed by atoms with Gasteiger partial charge in [-0.3, -0.25) is 25.2 Å². The lowest BCUT2D eigenvalue weighted by Crippen LogP contribution is -2.37. The first-order valence-corrected chi connectivity index (χ1v) is 8.02. The van der Waals surface area contributed by atoms with Gasteiger partial charge < -0.3 is 15.3 Å². The lowest BCUT2D eigenvalue weighted by atomic mass is 10.1. The van der Waals surface area contributed by atoms with Gasteiger partial charge in [0, 0.05) is 22.9 Å². The van der Waals surface area contributed by atoms with Crippen molar-refractivity contribution in [2.45, 2.75) is 6.61 Å². The zero-order valence-corrected chi connectivity index (χ0v) is 14.4. The Labute approximate surface area is 158 Å². The summed E-state index contributed by atoms with van der Waals surface area (Å²) in [5.74, 6) is -0.688. The van der Waals surface area contributed by atoms with Crippen LogP contribution in [0.4, 0.5) is 11.4 Å². The molecule has 0 radical (unpaired) electrons. The molecule has 1 amide bonds. The zero-order chi connectivity index (χ0) is 20.1. The van der Waals surface area contributed by atoms with Crippen molar-refractivity contribution in [1.29, 1.82) is 0 Å². The second-order valence-corrected chi connectivity index (χ2v) is 5.68. The minimum Gasteiger partial charge on any atom is -0.502 e. The highest BCUT2D eigenvalue weighted by molar-refractivity contribution is 5.94. The van der Waals surface area contributed by atoms with Gasteiger partial charge in [-0.05, 0) is 35.9 Å². The molecule has 0 bridgehead atoms. The molecule has 3 aromatic rings. The molecule has 0 unspecified atom stereocenters. The minimum atomic E-state index is -0.786. The summed E-state index contributed by atoms with van der Waals surface area (Å²) in [7, 11) is 0. The lowest BCUT2D eigenvalue weighted by molar-refractivity contribution is -0.385. The van der Waals surface area contributed by atoms with Gasteiger partial charge in [0.1, 0.15) is 12.4 Å². The van der Waals surface area contributed by atoms with Crippen molar-refractivity contribution in [2.24, 2.45) is 0 Å². The fraction of sp³-hybridized carbons (Fsp3) is 0.0556. The van der Waals surface area contributed by atoms with Crippen LogP contribution in [0.25, 0.3) is 11.1 Å². The monoisotopic (exact) mass is 384 g/mol. The number of phenols is 1. The van der Waals surface area contributed by atoms with Crippen LogP contribution in [0, 0.1) is 10.1 Å². The van der Waals surface area contributed by atoms with Gasteiger partial charge >= 0.3 is 5.69 Å². The Morgan fingerprint density at radius 2 is 1.96 bits per heavy atom. The number of nitrogens with one attached hydrogen (secondary N) is 2. The highest BCUT2D eigenvalue weighted by Crippen LogP contribution is 2.27. The number of hydrogen-bond donors (Lipinski definition) is 4. The number of nitrogens with zero attached hydrogens (tertiary/aromatic N) is 1. The van der Waals surface area contributed by atoms with Gasteiger partial charge in [0.25, 0.3) is 5.91 Å². The second kappa shape index (κ2) is 8.20. The second-order valence-electron chi connectivity index (χ2n) is 5.68. The molecular formula is C18H16N4O6. The number of carbonyl (C=O) groups excluding carboxylic acids is 1. The van der Waals surface area contributed by atoms with Crippen LogP contribution in [0.2, 0.25) is 0 Å². The van der Waals surface area contributed by atoms with E-state index in [1.54, 1.807) is 18.2 Å². The van der Waals surface area contributed by atoms with E-state index in [0.717, 1.165) is 23.3 Å². The van der Waals surface area contributed by atoms with Crippen LogP contribution in [0.15, 0.2) is 59.2 Å². The number of furan rings is 1. The van der Waals surface area contributed by atoms with Gasteiger partial charge in [0.05, 0.1) is 11.2 Å². The summed E-state index contributed by atoms with van der Waals surface area (Å²) in [5.41, 5.74) is 11.9. The van der Waals surface area contributed by atoms with Crippen molar-refractivity contribution in [3.05, 3.63) is 76.2 Å². The molecule has 1 heterocycles. The molecule has 144 valence electrons. The summed E-state index contributed by atoms with van der Waals surface area (Å²) in [6.07, 6.45) is 1.51. The van der Waals surface area contributed by atoms with Gasteiger partial charge in [-0.1, -0.05) is 12.1 Å². The molecule has 0 aliphatic rings. The summed E-state index contributed by atoms with van der Waals surface area (Å²) in [6, 6.07) is 12.3. The molecule has 0 saturated carbocycles. The molecule has 0 aliphatic heterocycles. The summed E-state index contributed by atoms with van der Waals surface area (Å²) in [6.45, 7) is 0.00269. The van der Waals surface area contributed by atoms with E-state index in [2.05, 4.69) is 11.0 Å². The SMILES string of the molecule is Nc1ccc(-c2ccoc2CONNC(=O)c2ccc(O)c([N+](=O)[O-])c2)cc1. The Hall–Kier alpha value is -3.89. The van der Waals surface area contributed by atoms with Gasteiger partial charge in [-0.15, -0.1) is 5.59 Å². The normalized spacial score (nSPS) is 10.6. The molecule has 1 aromatic heterocycles. The van der Waals surface area contributed by atoms with Gasteiger partial charge in [-0.2, -0.15) is 0 Å². The van der Waals surface area contributed by atoms with Crippen LogP contribution < -0.4 is 16.7 Å². The van der Waals surface area contributed by atoms with E-state index in [1.807, 2.05) is 12.1 Å². The third kappa shape index (κ3) is 4.26. The number of benzene rings is 2. The number of carbonyl (C=O) groups is 1. The molecule has 0 fully saturated rings. The number of phenolic OH excluding ortho intramolecular Hbond substituents is 1. The first kappa shape index (κ1) is 18.9. The maximum Gasteiger partial charge on any atom is 0.311 e. The topological polar surface area (TPSA) is 153 Å². The third-order valence-corrected chi connectivity index (χ3v) is 3.84. The summed E-state index contributed by atoms with van der Waals surface area (Å²) >= 11 is 0. The number of nitro groups is 1. The minimum absolute atomic E-state index is 0.00269. The van der Waals surface area contributed by atoms with Gasteiger partial charge in [0.15, 0.2) is 5.75 Å². The van der Waals surface area contributed by atoms with Gasteiger partial charge in [0.2, 0.25) is 0 Å². The molecular weight excluding hydrogens is 368 g/mol. The van der Waals surface area contributed by atoms with Crippen LogP contribution in [0.3, 0.4) is 0 Å². The van der Waals surface area contributed by atoms with Crippen molar-refractivity contribution in [3.8, 4) is 16.9 Å². The van der Waals surface area contributed by atoms with Crippen LogP contribution in [-0.2, 0) is 11.4 Å². The molecule has 3 rings (SSSR count). The highest BCUT2D eigenvalue weighted by atomic mass is 16.7. The van der Waals surface area contributed by atoms with E-state index in [4.69, 9.17) is 15.0 Å². The molecule has 0 aliphatic carbocycles. The Morgan fingerprint density at radius 3 is 2.68 bits per heavy atom. The molecule has 5 N–H and O–H groups in total. The standard InChI is InChI=1S/C18H16N4O6/c19-13-4-1-11(2-5-13)14-7-8-27-17(14)10-28-21-20-18(24)12-3-6-16(23)15(9-12)22(25)26/h1-9,21,23H,10,19H2,(H,20,24). The van der Waals surface area contributed by atoms with Crippen molar-refractivity contribution in [1.82, 2.24) is 11.0 Å². The third-order valence-electron chi connectivity index (χ3n) is 3.84. The van der Waals surface area contributed by atoms with E-state index in [0.29, 0.717) is 11.4 Å². The van der Waals surface area contributed by atoms with E-state index in [1.165, 1.54) is 12.3 Å². The van der Waals surface area contributed by atoms with Crippen LogP contribution >= 0.6 is 0 Å². The van der Waals surface area contributed by atoms with Crippen LogP contribution in [-0.4, -0.2) is 15.9 Å². The number of rotatable bonds is 7. The Kier molecular flexibility index (Phi) is 5.53. The maximum absolute atomic E-state index is 12.0. The van der Waals surface area contributed by atoms with Crippen molar-refractivity contribution >= 4 is 17.3 Å². The van der Waals surface area contributed by atoms with Crippen molar-refractivity contribution in [2.75, 3.05) is 5.73 Å². The largest absolute Gasteiger partial charge is 0.502 e. The molecule has 0 atom stereocenters. The number of hydrogen-bond acceptors (Lipinski definition) is 8. The average molecular weight is 384 g/mol. The highest BCUT2D eigenvalue weighted by Gasteiger charge is 2.17. The number of aromatic hydroxyl groups is 1. The summed E-state index contributed by atoms with van der Waals surface area (Å²) < 4.78 is 5.38. The quantitative estimate of drug-likeness (QED) is 0.210. The smallest absolute Gasteiger partial charge is 0.311 e. The fourth-order valence-electron chi connectivity index (χ4n) is 2.44. The number of nitrogen functional groups attached to an aromatic ring is 1. The first-order valence-electron chi connectivity index (χ1n) is 8.02. The molecule has 2 aromatic carbocycles. The Bertz CT molecular complexity index is 1000. The number of nitrogens with two attached hydrogens (primary N) is 1. The number of nitro benzene ring substituents is 1. The van der Waals surface area contributed by atoms with E-state index in [9.17, 15) is 20.0 Å². The Morgan fingerprint density at radius 1 is 1.21 bits per heavy atom. The average Bonchev–Trinajstić information content (AvgIpc) is 3.14. The number of amides is 1. The zero-order valence-electron chi connectivity index (χ0n) is 14.4. The molecule has 10 heteroatoms. The summed E-state index contributed by atoms with van der Waals surface area (Å²) in [4.78, 5) is 27.2. The molecule has 0 spiro atoms. The maximum atomic E-state index is 12.0. The van der Waals surface area contributed by atoms with Crippen LogP contribution in [0.5, 0.6) is 5.75 Å². The van der Waals surface area contributed by atoms with E-state index >= 15 is 0 Å². The van der Waals surface area contributed by atoms with E-state index < -0.39 is 22.3 Å². The molecule has 28 heavy (non-hydrogen) atoms.